The second-order valence-electron chi connectivity index (χ2n) is 4.29. The van der Waals surface area contributed by atoms with Crippen LogP contribution in [0, 0.1) is 7.43 Å². The molecule has 4 rings (SSSR count). The molecule has 0 aliphatic carbocycles. The minimum Gasteiger partial charge on any atom is -0.0610 e. The lowest BCUT2D eigenvalue weighted by molar-refractivity contribution is 1.78. The van der Waals surface area contributed by atoms with Crippen molar-refractivity contribution in [3.05, 3.63) is 68.1 Å². The molecule has 0 spiro atoms. The first kappa shape index (κ1) is 10.1. The smallest absolute Gasteiger partial charge is 0 e. The summed E-state index contributed by atoms with van der Waals surface area (Å²) in [7, 11) is 0. The molecule has 0 unspecified atom stereocenters. The second kappa shape index (κ2) is 3.46. The van der Waals surface area contributed by atoms with Crippen LogP contribution in [0.1, 0.15) is 0 Å². The molecule has 0 saturated carbocycles. The average Bonchev–Trinajstić information content (AvgIpc) is 2.36. The first-order valence-corrected chi connectivity index (χ1v) is 5.56. The van der Waals surface area contributed by atoms with Crippen LogP contribution < -0.4 is 0 Å². The third kappa shape index (κ3) is 1.24. The highest BCUT2D eigenvalue weighted by molar-refractivity contribution is 6.22. The van der Waals surface area contributed by atoms with Gasteiger partial charge in [-0.05, 0) is 32.3 Å². The van der Waals surface area contributed by atoms with Crippen LogP contribution in [0.4, 0.5) is 0 Å². The normalized spacial score (nSPS) is 11.1. The van der Waals surface area contributed by atoms with Crippen molar-refractivity contribution in [3.8, 4) is 0 Å². The van der Waals surface area contributed by atoms with Crippen molar-refractivity contribution < 1.29 is 0 Å². The minimum absolute atomic E-state index is 0. The zero-order chi connectivity index (χ0) is 10.5. The predicted octanol–water partition coefficient (Wildman–Crippen LogP) is 4.67. The third-order valence-corrected chi connectivity index (χ3v) is 3.39. The molecule has 0 bridgehead atoms. The average molecular weight is 214 g/mol. The van der Waals surface area contributed by atoms with Gasteiger partial charge < -0.3 is 0 Å². The third-order valence-electron chi connectivity index (χ3n) is 3.39. The van der Waals surface area contributed by atoms with Gasteiger partial charge in [-0.1, -0.05) is 60.7 Å². The van der Waals surface area contributed by atoms with E-state index < -0.39 is 0 Å². The molecule has 0 heteroatoms. The summed E-state index contributed by atoms with van der Waals surface area (Å²) >= 11 is 0. The lowest BCUT2D eigenvalue weighted by atomic mass is 9.95. The highest BCUT2D eigenvalue weighted by Gasteiger charge is 2.05. The lowest BCUT2D eigenvalue weighted by Gasteiger charge is -2.09. The number of hydrogen-bond acceptors (Lipinski definition) is 0. The highest BCUT2D eigenvalue weighted by Crippen LogP contribution is 2.33. The molecule has 0 atom stereocenters. The lowest BCUT2D eigenvalue weighted by Crippen LogP contribution is -1.82. The zero-order valence-corrected chi connectivity index (χ0v) is 9.27. The van der Waals surface area contributed by atoms with E-state index in [0.717, 1.165) is 0 Å². The molecule has 4 aromatic carbocycles. The Kier molecular flexibility index (Phi) is 2.05. The number of benzene rings is 4. The monoisotopic (exact) mass is 214 g/mol. The maximum Gasteiger partial charge on any atom is 0 e. The Hall–Kier alpha value is -2.08. The summed E-state index contributed by atoms with van der Waals surface area (Å²) in [6.07, 6.45) is 0. The Bertz CT molecular complexity index is 667. The molecule has 17 heavy (non-hydrogen) atoms. The second-order valence-corrected chi connectivity index (χ2v) is 4.29. The largest absolute Gasteiger partial charge is 0.0610 e. The summed E-state index contributed by atoms with van der Waals surface area (Å²) in [4.78, 5) is 0. The van der Waals surface area contributed by atoms with Gasteiger partial charge in [0.05, 0.1) is 0 Å². The molecule has 0 fully saturated rings. The SMILES string of the molecule is [C].c1cc2ccc3cccc4ccc(c1)c2c34. The van der Waals surface area contributed by atoms with Crippen molar-refractivity contribution in [1.29, 1.82) is 0 Å². The topological polar surface area (TPSA) is 0 Å². The minimum atomic E-state index is 0. The van der Waals surface area contributed by atoms with Crippen molar-refractivity contribution in [1.82, 2.24) is 0 Å². The van der Waals surface area contributed by atoms with E-state index in [1.165, 1.54) is 32.3 Å². The molecule has 4 radical (unpaired) electrons. The van der Waals surface area contributed by atoms with Crippen molar-refractivity contribution in [2.75, 3.05) is 0 Å². The molecule has 4 aromatic rings. The van der Waals surface area contributed by atoms with Crippen molar-refractivity contribution in [2.24, 2.45) is 0 Å². The van der Waals surface area contributed by atoms with Gasteiger partial charge in [-0.2, -0.15) is 0 Å². The van der Waals surface area contributed by atoms with Gasteiger partial charge in [0.2, 0.25) is 0 Å². The molecule has 0 aliphatic rings. The van der Waals surface area contributed by atoms with E-state index in [4.69, 9.17) is 0 Å². The van der Waals surface area contributed by atoms with Gasteiger partial charge in [-0.3, -0.25) is 0 Å². The van der Waals surface area contributed by atoms with Crippen LogP contribution in [0.25, 0.3) is 32.3 Å². The number of hydrogen-bond donors (Lipinski definition) is 0. The van der Waals surface area contributed by atoms with E-state index >= 15 is 0 Å². The maximum atomic E-state index is 2.21. The fourth-order valence-electron chi connectivity index (χ4n) is 2.67. The Morgan fingerprint density at radius 3 is 1.00 bits per heavy atom. The first-order chi connectivity index (χ1) is 7.93. The van der Waals surface area contributed by atoms with Gasteiger partial charge in [0, 0.05) is 7.43 Å². The van der Waals surface area contributed by atoms with E-state index in [1.54, 1.807) is 0 Å². The van der Waals surface area contributed by atoms with Crippen molar-refractivity contribution in [2.45, 2.75) is 0 Å². The van der Waals surface area contributed by atoms with Crippen molar-refractivity contribution in [3.63, 3.8) is 0 Å². The Labute approximate surface area is 101 Å². The van der Waals surface area contributed by atoms with Gasteiger partial charge in [-0.15, -0.1) is 0 Å². The fraction of sp³-hybridized carbons (Fsp3) is 0. The van der Waals surface area contributed by atoms with E-state index in [-0.39, 0.29) is 7.43 Å². The van der Waals surface area contributed by atoms with Crippen LogP contribution in [0.3, 0.4) is 0 Å². The van der Waals surface area contributed by atoms with Crippen LogP contribution in [0.2, 0.25) is 0 Å². The van der Waals surface area contributed by atoms with Crippen LogP contribution in [-0.2, 0) is 0 Å². The molecule has 0 aliphatic heterocycles. The molecule has 78 valence electrons. The Morgan fingerprint density at radius 1 is 0.412 bits per heavy atom. The molecule has 0 nitrogen and oxygen atoms in total. The summed E-state index contributed by atoms with van der Waals surface area (Å²) in [6, 6.07) is 21.9. The predicted molar refractivity (Wildman–Crippen MR) is 73.4 cm³/mol. The van der Waals surface area contributed by atoms with Gasteiger partial charge in [-0.25, -0.2) is 0 Å². The zero-order valence-electron chi connectivity index (χ0n) is 9.27. The molecular weight excluding hydrogens is 204 g/mol. The summed E-state index contributed by atoms with van der Waals surface area (Å²) < 4.78 is 0. The Morgan fingerprint density at radius 2 is 0.706 bits per heavy atom. The van der Waals surface area contributed by atoms with E-state index in [9.17, 15) is 0 Å². The maximum absolute atomic E-state index is 2.21. The molecule has 0 saturated heterocycles. The molecular formula is C17H10. The van der Waals surface area contributed by atoms with Crippen LogP contribution in [0.15, 0.2) is 60.7 Å². The first-order valence-electron chi connectivity index (χ1n) is 5.56. The van der Waals surface area contributed by atoms with E-state index in [2.05, 4.69) is 60.7 Å². The summed E-state index contributed by atoms with van der Waals surface area (Å²) in [6.45, 7) is 0. The molecule has 0 heterocycles. The van der Waals surface area contributed by atoms with Gasteiger partial charge >= 0.3 is 0 Å². The quantitative estimate of drug-likeness (QED) is 0.373. The standard InChI is InChI=1S/C16H10.C/c1-3-11-7-9-13-5-2-6-14-10-8-12(4-1)15(11)16(13)14;/h1-10H;. The summed E-state index contributed by atoms with van der Waals surface area (Å²) in [5.41, 5.74) is 0. The van der Waals surface area contributed by atoms with Gasteiger partial charge in [0.1, 0.15) is 0 Å². The van der Waals surface area contributed by atoms with Crippen LogP contribution >= 0.6 is 0 Å². The summed E-state index contributed by atoms with van der Waals surface area (Å²) in [5.74, 6) is 0. The molecule has 0 N–H and O–H groups in total. The number of rotatable bonds is 0. The van der Waals surface area contributed by atoms with Crippen molar-refractivity contribution >= 4 is 32.3 Å². The highest BCUT2D eigenvalue weighted by atomic mass is 14.1. The van der Waals surface area contributed by atoms with Crippen LogP contribution in [0.5, 0.6) is 0 Å². The Balaban J connectivity index is 0.000000902. The molecule has 0 amide bonds. The summed E-state index contributed by atoms with van der Waals surface area (Å²) in [5, 5.41) is 8.14. The van der Waals surface area contributed by atoms with Gasteiger partial charge in [0.15, 0.2) is 0 Å². The fourth-order valence-corrected chi connectivity index (χ4v) is 2.67. The van der Waals surface area contributed by atoms with E-state index in [0.29, 0.717) is 0 Å². The molecule has 0 aromatic heterocycles. The van der Waals surface area contributed by atoms with E-state index in [1.807, 2.05) is 0 Å². The van der Waals surface area contributed by atoms with Gasteiger partial charge in [0.25, 0.3) is 0 Å². The van der Waals surface area contributed by atoms with Crippen LogP contribution in [-0.4, -0.2) is 0 Å².